The highest BCUT2D eigenvalue weighted by Gasteiger charge is 2.38. The Labute approximate surface area is 204 Å². The molecule has 1 amide bonds. The normalized spacial score (nSPS) is 23.2. The summed E-state index contributed by atoms with van der Waals surface area (Å²) in [7, 11) is 0. The minimum Gasteiger partial charge on any atom is -0.391 e. The van der Waals surface area contributed by atoms with Crippen molar-refractivity contribution >= 4 is 5.91 Å². The van der Waals surface area contributed by atoms with E-state index in [9.17, 15) is 36.2 Å². The van der Waals surface area contributed by atoms with Crippen LogP contribution in [0.25, 0.3) is 11.3 Å². The van der Waals surface area contributed by atoms with Crippen molar-refractivity contribution in [3.05, 3.63) is 46.6 Å². The lowest BCUT2D eigenvalue weighted by atomic mass is 9.92. The van der Waals surface area contributed by atoms with Crippen molar-refractivity contribution in [1.82, 2.24) is 9.88 Å². The van der Waals surface area contributed by atoms with Crippen LogP contribution >= 0.6 is 0 Å². The van der Waals surface area contributed by atoms with Crippen LogP contribution in [0.4, 0.5) is 26.3 Å². The van der Waals surface area contributed by atoms with Gasteiger partial charge in [-0.3, -0.25) is 4.79 Å². The van der Waals surface area contributed by atoms with Crippen LogP contribution in [0.3, 0.4) is 0 Å². The van der Waals surface area contributed by atoms with Crippen LogP contribution in [0.1, 0.15) is 65.7 Å². The Kier molecular flexibility index (Phi) is 7.43. The molecule has 11 heteroatoms. The van der Waals surface area contributed by atoms with Gasteiger partial charge in [0, 0.05) is 24.5 Å². The molecule has 1 aliphatic carbocycles. The minimum atomic E-state index is -4.99. The topological polar surface area (TPSA) is 63.5 Å². The van der Waals surface area contributed by atoms with Crippen LogP contribution < -0.4 is 5.32 Å². The number of nitrogens with one attached hydrogen (secondary N) is 1. The monoisotopic (exact) mass is 518 g/mol. The Bertz CT molecular complexity index is 1070. The summed E-state index contributed by atoms with van der Waals surface area (Å²) in [5.74, 6) is -0.534. The first-order valence-corrected chi connectivity index (χ1v) is 11.9. The maximum absolute atomic E-state index is 13.5. The number of carbonyl (C=O) groups excluding carboxylic acids is 1. The van der Waals surface area contributed by atoms with Crippen molar-refractivity contribution in [1.29, 1.82) is 0 Å². The van der Waals surface area contributed by atoms with Gasteiger partial charge < -0.3 is 19.7 Å². The third kappa shape index (κ3) is 5.72. The second-order valence-corrected chi connectivity index (χ2v) is 9.50. The number of alkyl halides is 6. The standard InChI is InChI=1S/C25H28F6N2O3/c1-14-19(23(35)32-20-6-2-3-7-22(20)34)12-21(33(14)13-18-5-4-8-36-18)15-9-16(24(26,27)28)11-17(10-15)25(29,30)31/h9-12,18,20,22,34H,2-8,13H2,1H3,(H,32,35)/t18-,20-,22-/m1/s1. The summed E-state index contributed by atoms with van der Waals surface area (Å²) in [6.07, 6.45) is -6.71. The number of nitrogens with zero attached hydrogens (tertiary/aromatic N) is 1. The van der Waals surface area contributed by atoms with E-state index in [1.807, 2.05) is 0 Å². The first-order chi connectivity index (χ1) is 16.8. The van der Waals surface area contributed by atoms with Crippen molar-refractivity contribution in [3.8, 4) is 11.3 Å². The van der Waals surface area contributed by atoms with E-state index in [0.717, 1.165) is 19.3 Å². The first-order valence-electron chi connectivity index (χ1n) is 11.9. The van der Waals surface area contributed by atoms with E-state index in [1.165, 1.54) is 6.07 Å². The Balaban J connectivity index is 1.79. The molecule has 0 bridgehead atoms. The minimum absolute atomic E-state index is 0.0638. The number of aliphatic hydroxyl groups is 1. The van der Waals surface area contributed by atoms with Gasteiger partial charge in [0.25, 0.3) is 5.91 Å². The van der Waals surface area contributed by atoms with E-state index in [4.69, 9.17) is 4.74 Å². The van der Waals surface area contributed by atoms with Crippen molar-refractivity contribution in [3.63, 3.8) is 0 Å². The molecule has 1 aromatic heterocycles. The van der Waals surface area contributed by atoms with Crippen molar-refractivity contribution in [2.75, 3.05) is 6.61 Å². The molecule has 5 nitrogen and oxygen atoms in total. The fourth-order valence-corrected chi connectivity index (χ4v) is 4.97. The van der Waals surface area contributed by atoms with E-state index in [1.54, 1.807) is 11.5 Å². The van der Waals surface area contributed by atoms with Gasteiger partial charge in [0.2, 0.25) is 0 Å². The summed E-state index contributed by atoms with van der Waals surface area (Å²) in [6.45, 7) is 2.29. The molecule has 198 valence electrons. The van der Waals surface area contributed by atoms with Gasteiger partial charge in [0.05, 0.1) is 34.9 Å². The molecule has 1 saturated heterocycles. The quantitative estimate of drug-likeness (QED) is 0.499. The molecule has 2 N–H and O–H groups in total. The van der Waals surface area contributed by atoms with Gasteiger partial charge in [-0.2, -0.15) is 26.3 Å². The number of rotatable bonds is 5. The summed E-state index contributed by atoms with van der Waals surface area (Å²) >= 11 is 0. The molecule has 3 atom stereocenters. The molecule has 1 aliphatic heterocycles. The zero-order valence-electron chi connectivity index (χ0n) is 19.7. The predicted molar refractivity (Wildman–Crippen MR) is 119 cm³/mol. The predicted octanol–water partition coefficient (Wildman–Crippen LogP) is 5.71. The molecule has 2 heterocycles. The Morgan fingerprint density at radius 2 is 1.64 bits per heavy atom. The molecule has 2 aliphatic rings. The number of hydrogen-bond acceptors (Lipinski definition) is 3. The molecule has 2 aromatic rings. The highest BCUT2D eigenvalue weighted by Crippen LogP contribution is 2.39. The molecule has 4 rings (SSSR count). The largest absolute Gasteiger partial charge is 0.416 e. The SMILES string of the molecule is Cc1c(C(=O)N[C@@H]2CCCC[C@H]2O)cc(-c2cc(C(F)(F)F)cc(C(F)(F)F)c2)n1C[C@H]1CCCO1. The van der Waals surface area contributed by atoms with Gasteiger partial charge in [-0.05, 0) is 62.4 Å². The van der Waals surface area contributed by atoms with Crippen LogP contribution in [0.2, 0.25) is 0 Å². The fraction of sp³-hybridized carbons (Fsp3) is 0.560. The smallest absolute Gasteiger partial charge is 0.391 e. The molecule has 0 radical (unpaired) electrons. The van der Waals surface area contributed by atoms with Crippen LogP contribution in [-0.2, 0) is 23.6 Å². The van der Waals surface area contributed by atoms with Crippen LogP contribution in [0.5, 0.6) is 0 Å². The zero-order valence-corrected chi connectivity index (χ0v) is 19.7. The maximum Gasteiger partial charge on any atom is 0.416 e. The number of benzene rings is 1. The summed E-state index contributed by atoms with van der Waals surface area (Å²) in [6, 6.07) is 2.28. The summed E-state index contributed by atoms with van der Waals surface area (Å²) in [5.41, 5.74) is -2.55. The highest BCUT2D eigenvalue weighted by molar-refractivity contribution is 5.97. The van der Waals surface area contributed by atoms with E-state index in [0.29, 0.717) is 43.7 Å². The number of hydrogen-bond donors (Lipinski definition) is 2. The summed E-state index contributed by atoms with van der Waals surface area (Å²) < 4.78 is 88.2. The molecular formula is C25H28F6N2O3. The Morgan fingerprint density at radius 3 is 2.19 bits per heavy atom. The molecule has 0 unspecified atom stereocenters. The zero-order chi connectivity index (χ0) is 26.3. The molecule has 0 spiro atoms. The fourth-order valence-electron chi connectivity index (χ4n) is 4.97. The van der Waals surface area contributed by atoms with E-state index < -0.39 is 41.5 Å². The Hall–Kier alpha value is -2.53. The van der Waals surface area contributed by atoms with Crippen LogP contribution in [0.15, 0.2) is 24.3 Å². The molecule has 36 heavy (non-hydrogen) atoms. The third-order valence-corrected chi connectivity index (χ3v) is 6.95. The molecule has 1 aromatic carbocycles. The number of carbonyl (C=O) groups is 1. The number of halogens is 6. The first kappa shape index (κ1) is 26.5. The number of ether oxygens (including phenoxy) is 1. The van der Waals surface area contributed by atoms with E-state index >= 15 is 0 Å². The van der Waals surface area contributed by atoms with Gasteiger partial charge in [0.15, 0.2) is 0 Å². The molecule has 1 saturated carbocycles. The number of aromatic nitrogens is 1. The summed E-state index contributed by atoms with van der Waals surface area (Å²) in [5, 5.41) is 13.0. The van der Waals surface area contributed by atoms with Gasteiger partial charge >= 0.3 is 12.4 Å². The summed E-state index contributed by atoms with van der Waals surface area (Å²) in [4.78, 5) is 13.1. The lowest BCUT2D eigenvalue weighted by molar-refractivity contribution is -0.143. The van der Waals surface area contributed by atoms with E-state index in [2.05, 4.69) is 5.32 Å². The lowest BCUT2D eigenvalue weighted by Crippen LogP contribution is -2.45. The third-order valence-electron chi connectivity index (χ3n) is 6.95. The molecular weight excluding hydrogens is 490 g/mol. The molecule has 2 fully saturated rings. The van der Waals surface area contributed by atoms with Crippen LogP contribution in [0, 0.1) is 6.92 Å². The lowest BCUT2D eigenvalue weighted by Gasteiger charge is -2.28. The second kappa shape index (κ2) is 10.1. The highest BCUT2D eigenvalue weighted by atomic mass is 19.4. The van der Waals surface area contributed by atoms with Gasteiger partial charge in [0.1, 0.15) is 0 Å². The second-order valence-electron chi connectivity index (χ2n) is 9.50. The average molecular weight is 518 g/mol. The van der Waals surface area contributed by atoms with Crippen molar-refractivity contribution < 1.29 is 41.0 Å². The number of aliphatic hydroxyl groups excluding tert-OH is 1. The van der Waals surface area contributed by atoms with Gasteiger partial charge in [-0.15, -0.1) is 0 Å². The average Bonchev–Trinajstić information content (AvgIpc) is 3.42. The van der Waals surface area contributed by atoms with Crippen molar-refractivity contribution in [2.24, 2.45) is 0 Å². The van der Waals surface area contributed by atoms with Gasteiger partial charge in [-0.25, -0.2) is 0 Å². The van der Waals surface area contributed by atoms with Crippen LogP contribution in [-0.4, -0.2) is 40.4 Å². The van der Waals surface area contributed by atoms with E-state index in [-0.39, 0.29) is 35.5 Å². The van der Waals surface area contributed by atoms with Crippen molar-refractivity contribution in [2.45, 2.75) is 82.6 Å². The maximum atomic E-state index is 13.5. The van der Waals surface area contributed by atoms with Gasteiger partial charge in [-0.1, -0.05) is 12.8 Å². The number of amides is 1. The Morgan fingerprint density at radius 1 is 1.00 bits per heavy atom.